The molecule has 0 saturated carbocycles. The maximum absolute atomic E-state index is 12.5. The molecule has 0 spiro atoms. The number of fused-ring (bicyclic) bond motifs is 1. The number of hydrogen-bond acceptors (Lipinski definition) is 4. The first-order chi connectivity index (χ1) is 12.9. The van der Waals surface area contributed by atoms with Gasteiger partial charge in [-0.15, -0.1) is 0 Å². The summed E-state index contributed by atoms with van der Waals surface area (Å²) in [4.78, 5) is 29.2. The lowest BCUT2D eigenvalue weighted by molar-refractivity contribution is -0.128. The van der Waals surface area contributed by atoms with Crippen LogP contribution in [0.5, 0.6) is 5.75 Å². The number of ether oxygens (including phenoxy) is 1. The molecule has 2 N–H and O–H groups in total. The van der Waals surface area contributed by atoms with Crippen LogP contribution in [0.1, 0.15) is 23.0 Å². The summed E-state index contributed by atoms with van der Waals surface area (Å²) in [5, 5.41) is 0.716. The van der Waals surface area contributed by atoms with Crippen molar-refractivity contribution in [1.29, 1.82) is 0 Å². The molecule has 0 fully saturated rings. The number of halogens is 1. The Kier molecular flexibility index (Phi) is 5.71. The minimum atomic E-state index is -0.782. The zero-order chi connectivity index (χ0) is 19.4. The predicted molar refractivity (Wildman–Crippen MR) is 106 cm³/mol. The van der Waals surface area contributed by atoms with Gasteiger partial charge in [0, 0.05) is 15.6 Å². The first kappa shape index (κ1) is 18.8. The van der Waals surface area contributed by atoms with E-state index >= 15 is 0 Å². The third-order valence-corrected chi connectivity index (χ3v) is 4.36. The Morgan fingerprint density at radius 1 is 1.07 bits per heavy atom. The summed E-state index contributed by atoms with van der Waals surface area (Å²) >= 11 is 3.35. The molecular formula is C20H18BrN3O3. The number of pyridine rings is 1. The molecule has 1 unspecified atom stereocenters. The molecule has 0 aliphatic rings. The van der Waals surface area contributed by atoms with Crippen LogP contribution in [-0.2, 0) is 4.79 Å². The fourth-order valence-corrected chi connectivity index (χ4v) is 2.96. The van der Waals surface area contributed by atoms with Crippen molar-refractivity contribution in [2.24, 2.45) is 0 Å². The van der Waals surface area contributed by atoms with Gasteiger partial charge in [0.1, 0.15) is 5.75 Å². The van der Waals surface area contributed by atoms with Gasteiger partial charge in [-0.25, -0.2) is 0 Å². The normalized spacial score (nSPS) is 11.7. The van der Waals surface area contributed by atoms with Crippen LogP contribution in [0.3, 0.4) is 0 Å². The Balaban J connectivity index is 1.66. The minimum Gasteiger partial charge on any atom is -0.481 e. The van der Waals surface area contributed by atoms with Crippen LogP contribution in [-0.4, -0.2) is 22.9 Å². The number of carbonyl (C=O) groups is 2. The van der Waals surface area contributed by atoms with Crippen LogP contribution < -0.4 is 15.6 Å². The molecule has 0 aliphatic carbocycles. The molecule has 0 bridgehead atoms. The van der Waals surface area contributed by atoms with E-state index in [1.54, 1.807) is 25.1 Å². The highest BCUT2D eigenvalue weighted by Crippen LogP contribution is 2.19. The fourth-order valence-electron chi connectivity index (χ4n) is 2.58. The summed E-state index contributed by atoms with van der Waals surface area (Å²) in [5.41, 5.74) is 6.73. The Labute approximate surface area is 165 Å². The summed E-state index contributed by atoms with van der Waals surface area (Å²) in [7, 11) is 0. The van der Waals surface area contributed by atoms with Gasteiger partial charge in [0.05, 0.1) is 11.1 Å². The number of para-hydroxylation sites is 1. The number of nitrogens with zero attached hydrogens (tertiary/aromatic N) is 1. The molecule has 3 aromatic rings. The van der Waals surface area contributed by atoms with Crippen molar-refractivity contribution in [3.63, 3.8) is 0 Å². The van der Waals surface area contributed by atoms with Crippen LogP contribution >= 0.6 is 15.9 Å². The van der Waals surface area contributed by atoms with Gasteiger partial charge in [0.2, 0.25) is 0 Å². The maximum Gasteiger partial charge on any atom is 0.279 e. The summed E-state index contributed by atoms with van der Waals surface area (Å²) in [6.07, 6.45) is -0.782. The minimum absolute atomic E-state index is 0.417. The number of benzene rings is 2. The number of carbonyl (C=O) groups excluding carboxylic acids is 2. The van der Waals surface area contributed by atoms with E-state index in [9.17, 15) is 9.59 Å². The molecule has 0 saturated heterocycles. The molecule has 0 aliphatic heterocycles. The lowest BCUT2D eigenvalue weighted by Crippen LogP contribution is -2.47. The summed E-state index contributed by atoms with van der Waals surface area (Å²) in [5.74, 6) is -0.327. The monoisotopic (exact) mass is 427 g/mol. The Hall–Kier alpha value is -2.93. The lowest BCUT2D eigenvalue weighted by atomic mass is 10.1. The fraction of sp³-hybridized carbons (Fsp3) is 0.150. The van der Waals surface area contributed by atoms with Crippen LogP contribution in [0.15, 0.2) is 59.1 Å². The molecule has 27 heavy (non-hydrogen) atoms. The molecule has 2 amide bonds. The second-order valence-corrected chi connectivity index (χ2v) is 6.90. The third kappa shape index (κ3) is 4.62. The molecule has 1 atom stereocenters. The van der Waals surface area contributed by atoms with E-state index in [2.05, 4.69) is 31.8 Å². The van der Waals surface area contributed by atoms with Crippen molar-refractivity contribution < 1.29 is 14.3 Å². The SMILES string of the molecule is Cc1cc(C(=O)NNC(=O)C(C)Oc2cccc(Br)c2)c2ccccc2n1. The number of aryl methyl sites for hydroxylation is 1. The number of aromatic nitrogens is 1. The van der Waals surface area contributed by atoms with Gasteiger partial charge in [-0.3, -0.25) is 25.4 Å². The number of amides is 2. The van der Waals surface area contributed by atoms with Gasteiger partial charge in [-0.05, 0) is 44.2 Å². The van der Waals surface area contributed by atoms with Crippen molar-refractivity contribution in [3.8, 4) is 5.75 Å². The van der Waals surface area contributed by atoms with Crippen LogP contribution in [0.2, 0.25) is 0 Å². The van der Waals surface area contributed by atoms with Crippen LogP contribution in [0.25, 0.3) is 10.9 Å². The number of rotatable bonds is 4. The average Bonchev–Trinajstić information content (AvgIpc) is 2.65. The van der Waals surface area contributed by atoms with Gasteiger partial charge in [0.15, 0.2) is 6.10 Å². The molecule has 138 valence electrons. The molecule has 0 radical (unpaired) electrons. The molecule has 7 heteroatoms. The predicted octanol–water partition coefficient (Wildman–Crippen LogP) is 3.53. The molecule has 3 rings (SSSR count). The van der Waals surface area contributed by atoms with E-state index < -0.39 is 17.9 Å². The standard InChI is InChI=1S/C20H18BrN3O3/c1-12-10-17(16-8-3-4-9-18(16)22-12)20(26)24-23-19(25)13(2)27-15-7-5-6-14(21)11-15/h3-11,13H,1-2H3,(H,23,25)(H,24,26). The highest BCUT2D eigenvalue weighted by Gasteiger charge is 2.17. The smallest absolute Gasteiger partial charge is 0.279 e. The molecular weight excluding hydrogens is 410 g/mol. The van der Waals surface area contributed by atoms with Gasteiger partial charge >= 0.3 is 0 Å². The number of hydrazine groups is 1. The maximum atomic E-state index is 12.5. The van der Waals surface area contributed by atoms with E-state index in [4.69, 9.17) is 4.74 Å². The largest absolute Gasteiger partial charge is 0.481 e. The Morgan fingerprint density at radius 3 is 2.63 bits per heavy atom. The lowest BCUT2D eigenvalue weighted by Gasteiger charge is -2.15. The van der Waals surface area contributed by atoms with Crippen molar-refractivity contribution in [2.45, 2.75) is 20.0 Å². The summed E-state index contributed by atoms with van der Waals surface area (Å²) in [6.45, 7) is 3.42. The average molecular weight is 428 g/mol. The van der Waals surface area contributed by atoms with Crippen molar-refractivity contribution in [3.05, 3.63) is 70.3 Å². The Morgan fingerprint density at radius 2 is 1.85 bits per heavy atom. The highest BCUT2D eigenvalue weighted by molar-refractivity contribution is 9.10. The van der Waals surface area contributed by atoms with Crippen molar-refractivity contribution in [1.82, 2.24) is 15.8 Å². The van der Waals surface area contributed by atoms with E-state index in [1.807, 2.05) is 43.3 Å². The van der Waals surface area contributed by atoms with Gasteiger partial charge in [-0.2, -0.15) is 0 Å². The third-order valence-electron chi connectivity index (χ3n) is 3.87. The van der Waals surface area contributed by atoms with E-state index in [1.165, 1.54) is 0 Å². The zero-order valence-corrected chi connectivity index (χ0v) is 16.4. The second kappa shape index (κ2) is 8.18. The van der Waals surface area contributed by atoms with Gasteiger partial charge in [-0.1, -0.05) is 40.2 Å². The van der Waals surface area contributed by atoms with Crippen molar-refractivity contribution in [2.75, 3.05) is 0 Å². The summed E-state index contributed by atoms with van der Waals surface area (Å²) < 4.78 is 6.43. The first-order valence-corrected chi connectivity index (χ1v) is 9.12. The zero-order valence-electron chi connectivity index (χ0n) is 14.8. The summed E-state index contributed by atoms with van der Waals surface area (Å²) in [6, 6.07) is 16.2. The van der Waals surface area contributed by atoms with E-state index in [-0.39, 0.29) is 0 Å². The van der Waals surface area contributed by atoms with E-state index in [0.29, 0.717) is 16.7 Å². The topological polar surface area (TPSA) is 80.3 Å². The van der Waals surface area contributed by atoms with Crippen molar-refractivity contribution >= 4 is 38.6 Å². The molecule has 1 heterocycles. The van der Waals surface area contributed by atoms with Gasteiger partial charge in [0.25, 0.3) is 11.8 Å². The molecule has 1 aromatic heterocycles. The Bertz CT molecular complexity index is 1010. The molecule has 2 aromatic carbocycles. The second-order valence-electron chi connectivity index (χ2n) is 5.99. The van der Waals surface area contributed by atoms with Gasteiger partial charge < -0.3 is 4.74 Å². The quantitative estimate of drug-likeness (QED) is 0.624. The first-order valence-electron chi connectivity index (χ1n) is 8.33. The van der Waals surface area contributed by atoms with E-state index in [0.717, 1.165) is 15.7 Å². The van der Waals surface area contributed by atoms with Crippen LogP contribution in [0.4, 0.5) is 0 Å². The number of nitrogens with one attached hydrogen (secondary N) is 2. The molecule has 6 nitrogen and oxygen atoms in total. The highest BCUT2D eigenvalue weighted by atomic mass is 79.9. The van der Waals surface area contributed by atoms with Crippen LogP contribution in [0, 0.1) is 6.92 Å². The number of hydrogen-bond donors (Lipinski definition) is 2.